The summed E-state index contributed by atoms with van der Waals surface area (Å²) in [7, 11) is 4.80. The van der Waals surface area contributed by atoms with Gasteiger partial charge in [0.1, 0.15) is 22.5 Å². The standard InChI is InChI=1S/C13H20N6O2P2/c20-10(8-6-16-12(22)18-8)14-4-2-1-3-5-15-11(21)9-7-17-13(23)19-9/h6-7H,1-5,22-23H2,(H,14,20)(H,15,21)(H,16,18)(H,17,19). The van der Waals surface area contributed by atoms with E-state index in [1.54, 1.807) is 0 Å². The van der Waals surface area contributed by atoms with Gasteiger partial charge >= 0.3 is 0 Å². The number of hydrogen-bond donors (Lipinski definition) is 4. The fourth-order valence-corrected chi connectivity index (χ4v) is 2.39. The minimum atomic E-state index is -0.160. The van der Waals surface area contributed by atoms with Crippen molar-refractivity contribution in [2.75, 3.05) is 13.1 Å². The summed E-state index contributed by atoms with van der Waals surface area (Å²) in [5, 5.41) is 5.64. The zero-order valence-corrected chi connectivity index (χ0v) is 14.9. The predicted molar refractivity (Wildman–Crippen MR) is 94.4 cm³/mol. The molecule has 2 unspecified atom stereocenters. The van der Waals surface area contributed by atoms with E-state index in [0.717, 1.165) is 19.3 Å². The fraction of sp³-hybridized carbons (Fsp3) is 0.385. The van der Waals surface area contributed by atoms with Crippen molar-refractivity contribution in [1.82, 2.24) is 30.6 Å². The van der Waals surface area contributed by atoms with Crippen molar-refractivity contribution in [3.8, 4) is 0 Å². The van der Waals surface area contributed by atoms with Crippen LogP contribution in [-0.2, 0) is 0 Å². The molecule has 23 heavy (non-hydrogen) atoms. The van der Waals surface area contributed by atoms with Crippen LogP contribution in [0.2, 0.25) is 0 Å². The van der Waals surface area contributed by atoms with Crippen LogP contribution in [0, 0.1) is 0 Å². The highest BCUT2D eigenvalue weighted by molar-refractivity contribution is 7.26. The molecule has 124 valence electrons. The maximum Gasteiger partial charge on any atom is 0.269 e. The Hall–Kier alpha value is -1.78. The Labute approximate surface area is 138 Å². The first kappa shape index (κ1) is 17.6. The smallest absolute Gasteiger partial charge is 0.269 e. The van der Waals surface area contributed by atoms with Gasteiger partial charge in [-0.3, -0.25) is 9.59 Å². The van der Waals surface area contributed by atoms with Crippen LogP contribution in [0.5, 0.6) is 0 Å². The minimum absolute atomic E-state index is 0.160. The van der Waals surface area contributed by atoms with Crippen LogP contribution in [0.15, 0.2) is 12.4 Å². The van der Waals surface area contributed by atoms with E-state index in [-0.39, 0.29) is 11.8 Å². The van der Waals surface area contributed by atoms with Crippen LogP contribution in [0.25, 0.3) is 0 Å². The van der Waals surface area contributed by atoms with Crippen molar-refractivity contribution in [2.45, 2.75) is 19.3 Å². The second-order valence-electron chi connectivity index (χ2n) is 4.94. The molecule has 0 saturated carbocycles. The molecule has 2 heterocycles. The molecule has 0 aliphatic carbocycles. The molecule has 0 saturated heterocycles. The quantitative estimate of drug-likeness (QED) is 0.377. The first-order valence-corrected chi connectivity index (χ1v) is 8.39. The summed E-state index contributed by atoms with van der Waals surface area (Å²) in [4.78, 5) is 37.1. The van der Waals surface area contributed by atoms with Crippen LogP contribution < -0.4 is 21.8 Å². The van der Waals surface area contributed by atoms with Crippen molar-refractivity contribution >= 4 is 41.4 Å². The highest BCUT2D eigenvalue weighted by atomic mass is 31.0. The Kier molecular flexibility index (Phi) is 6.68. The van der Waals surface area contributed by atoms with E-state index in [4.69, 9.17) is 0 Å². The van der Waals surface area contributed by atoms with Gasteiger partial charge in [-0.05, 0) is 19.3 Å². The minimum Gasteiger partial charge on any atom is -0.351 e. The third-order valence-electron chi connectivity index (χ3n) is 3.10. The Morgan fingerprint density at radius 2 is 1.30 bits per heavy atom. The average Bonchev–Trinajstić information content (AvgIpc) is 3.14. The number of aromatic amines is 2. The molecule has 0 bridgehead atoms. The molecule has 0 aromatic carbocycles. The molecule has 2 aromatic rings. The number of aromatic nitrogens is 4. The zero-order valence-electron chi connectivity index (χ0n) is 12.6. The largest absolute Gasteiger partial charge is 0.351 e. The van der Waals surface area contributed by atoms with Gasteiger partial charge in [-0.1, -0.05) is 18.5 Å². The SMILES string of the molecule is O=C(NCCCCCNC(=O)c1cnc(P)[nH]1)c1cnc(P)[nH]1. The van der Waals surface area contributed by atoms with Gasteiger partial charge in [0, 0.05) is 13.1 Å². The topological polar surface area (TPSA) is 116 Å². The molecule has 0 aliphatic rings. The molecule has 0 fully saturated rings. The Balaban J connectivity index is 1.52. The van der Waals surface area contributed by atoms with Crippen molar-refractivity contribution in [1.29, 1.82) is 0 Å². The van der Waals surface area contributed by atoms with E-state index in [9.17, 15) is 9.59 Å². The predicted octanol–water partition coefficient (Wildman–Crippen LogP) is -0.536. The number of nitrogens with one attached hydrogen (secondary N) is 4. The number of nitrogens with zero attached hydrogens (tertiary/aromatic N) is 2. The van der Waals surface area contributed by atoms with Gasteiger partial charge in [0.2, 0.25) is 0 Å². The molecule has 0 radical (unpaired) electrons. The summed E-state index contributed by atoms with van der Waals surface area (Å²) in [5.74, 6) is -0.320. The number of rotatable bonds is 8. The number of unbranched alkanes of at least 4 members (excludes halogenated alkanes) is 2. The monoisotopic (exact) mass is 354 g/mol. The van der Waals surface area contributed by atoms with Gasteiger partial charge in [-0.25, -0.2) is 9.97 Å². The molecule has 10 heteroatoms. The van der Waals surface area contributed by atoms with E-state index in [0.29, 0.717) is 35.6 Å². The van der Waals surface area contributed by atoms with E-state index in [2.05, 4.69) is 49.0 Å². The maximum atomic E-state index is 11.7. The Bertz CT molecular complexity index is 613. The summed E-state index contributed by atoms with van der Waals surface area (Å²) in [5.41, 5.74) is 2.18. The Morgan fingerprint density at radius 1 is 0.870 bits per heavy atom. The summed E-state index contributed by atoms with van der Waals surface area (Å²) in [6, 6.07) is 0. The molecule has 2 rings (SSSR count). The normalized spacial score (nSPS) is 10.5. The maximum absolute atomic E-state index is 11.7. The number of imidazole rings is 2. The number of carbonyl (C=O) groups is 2. The molecule has 0 aliphatic heterocycles. The average molecular weight is 354 g/mol. The summed E-state index contributed by atoms with van der Waals surface area (Å²) in [6.45, 7) is 1.18. The van der Waals surface area contributed by atoms with Gasteiger partial charge < -0.3 is 20.6 Å². The molecule has 4 N–H and O–H groups in total. The molecule has 0 spiro atoms. The van der Waals surface area contributed by atoms with E-state index in [1.807, 2.05) is 0 Å². The first-order chi connectivity index (χ1) is 11.1. The van der Waals surface area contributed by atoms with Crippen molar-refractivity contribution in [3.05, 3.63) is 23.8 Å². The molecule has 8 nitrogen and oxygen atoms in total. The van der Waals surface area contributed by atoms with Gasteiger partial charge in [-0.2, -0.15) is 0 Å². The number of carbonyl (C=O) groups excluding carboxylic acids is 2. The van der Waals surface area contributed by atoms with E-state index in [1.165, 1.54) is 12.4 Å². The van der Waals surface area contributed by atoms with Gasteiger partial charge in [0.05, 0.1) is 12.4 Å². The van der Waals surface area contributed by atoms with Gasteiger partial charge in [0.15, 0.2) is 0 Å². The third-order valence-corrected chi connectivity index (χ3v) is 3.69. The van der Waals surface area contributed by atoms with E-state index < -0.39 is 0 Å². The number of amides is 2. The molecular formula is C13H20N6O2P2. The van der Waals surface area contributed by atoms with Crippen LogP contribution in [0.3, 0.4) is 0 Å². The van der Waals surface area contributed by atoms with Gasteiger partial charge in [-0.15, -0.1) is 0 Å². The van der Waals surface area contributed by atoms with Crippen molar-refractivity contribution in [2.24, 2.45) is 0 Å². The second-order valence-corrected chi connectivity index (χ2v) is 6.03. The highest BCUT2D eigenvalue weighted by Crippen LogP contribution is 1.97. The van der Waals surface area contributed by atoms with Crippen LogP contribution in [-0.4, -0.2) is 44.8 Å². The third kappa shape index (κ3) is 5.73. The highest BCUT2D eigenvalue weighted by Gasteiger charge is 2.08. The summed E-state index contributed by atoms with van der Waals surface area (Å²) >= 11 is 0. The molecular weight excluding hydrogens is 334 g/mol. The van der Waals surface area contributed by atoms with Crippen molar-refractivity contribution in [3.63, 3.8) is 0 Å². The summed E-state index contributed by atoms with van der Waals surface area (Å²) < 4.78 is 0. The van der Waals surface area contributed by atoms with Gasteiger partial charge in [0.25, 0.3) is 11.8 Å². The molecule has 2 atom stereocenters. The second kappa shape index (κ2) is 8.75. The number of H-pyrrole nitrogens is 2. The van der Waals surface area contributed by atoms with E-state index >= 15 is 0 Å². The van der Waals surface area contributed by atoms with Crippen molar-refractivity contribution < 1.29 is 9.59 Å². The summed E-state index contributed by atoms with van der Waals surface area (Å²) in [6.07, 6.45) is 5.62. The van der Waals surface area contributed by atoms with Crippen LogP contribution in [0.1, 0.15) is 40.2 Å². The lowest BCUT2D eigenvalue weighted by Gasteiger charge is -2.05. The first-order valence-electron chi connectivity index (χ1n) is 7.23. The molecule has 2 aromatic heterocycles. The lowest BCUT2D eigenvalue weighted by atomic mass is 10.2. The molecule has 2 amide bonds. The Morgan fingerprint density at radius 3 is 1.65 bits per heavy atom. The van der Waals surface area contributed by atoms with Crippen LogP contribution in [0.4, 0.5) is 0 Å². The number of hydrogen-bond acceptors (Lipinski definition) is 4. The lowest BCUT2D eigenvalue weighted by molar-refractivity contribution is 0.0943. The zero-order chi connectivity index (χ0) is 16.7. The van der Waals surface area contributed by atoms with Crippen LogP contribution >= 0.6 is 18.5 Å². The fourth-order valence-electron chi connectivity index (χ4n) is 1.93. The lowest BCUT2D eigenvalue weighted by Crippen LogP contribution is -2.26.